The first kappa shape index (κ1) is 22.2. The van der Waals surface area contributed by atoms with Crippen LogP contribution >= 0.6 is 11.3 Å². The molecule has 2 fully saturated rings. The summed E-state index contributed by atoms with van der Waals surface area (Å²) in [5.74, 6) is -0.0581. The van der Waals surface area contributed by atoms with Gasteiger partial charge >= 0.3 is 6.18 Å². The number of amides is 1. The number of aromatic nitrogens is 2. The van der Waals surface area contributed by atoms with E-state index in [-0.39, 0.29) is 41.3 Å². The molecule has 0 spiro atoms. The highest BCUT2D eigenvalue weighted by Crippen LogP contribution is 2.34. The Morgan fingerprint density at radius 1 is 1.32 bits per heavy atom. The minimum Gasteiger partial charge on any atom is -0.341 e. The fourth-order valence-electron chi connectivity index (χ4n) is 4.38. The number of piperidine rings is 1. The standard InChI is InChI=1S/C21H26F3N5OS/c1-3-14-12(2)18(28-27-14)20(30)29-8-4-6-13(11-29)19-25-15(16-7-5-9-31-16)10-17(26-19)21(22,23)24/h5,7,9-10,12-14,18,27-28H,3-4,6,8,11H2,1-2H3. The summed E-state index contributed by atoms with van der Waals surface area (Å²) in [6.07, 6.45) is -2.30. The van der Waals surface area contributed by atoms with Crippen molar-refractivity contribution >= 4 is 17.2 Å². The summed E-state index contributed by atoms with van der Waals surface area (Å²) < 4.78 is 40.5. The summed E-state index contributed by atoms with van der Waals surface area (Å²) in [6.45, 7) is 5.02. The second-order valence-electron chi connectivity index (χ2n) is 8.24. The third-order valence-electron chi connectivity index (χ3n) is 6.20. The van der Waals surface area contributed by atoms with E-state index >= 15 is 0 Å². The Labute approximate surface area is 183 Å². The predicted octanol–water partition coefficient (Wildman–Crippen LogP) is 3.82. The Balaban J connectivity index is 1.58. The maximum Gasteiger partial charge on any atom is 0.433 e. The lowest BCUT2D eigenvalue weighted by molar-refractivity contribution is -0.141. The fourth-order valence-corrected chi connectivity index (χ4v) is 5.07. The molecule has 4 rings (SSSR count). The molecule has 0 radical (unpaired) electrons. The topological polar surface area (TPSA) is 70.2 Å². The van der Waals surface area contributed by atoms with Gasteiger partial charge in [-0.15, -0.1) is 11.3 Å². The third kappa shape index (κ3) is 4.61. The van der Waals surface area contributed by atoms with Crippen LogP contribution in [-0.2, 0) is 11.0 Å². The van der Waals surface area contributed by atoms with Crippen LogP contribution in [0.2, 0.25) is 0 Å². The zero-order valence-electron chi connectivity index (χ0n) is 17.4. The molecule has 4 unspecified atom stereocenters. The first-order valence-electron chi connectivity index (χ1n) is 10.6. The van der Waals surface area contributed by atoms with E-state index in [0.29, 0.717) is 30.8 Å². The summed E-state index contributed by atoms with van der Waals surface area (Å²) in [5, 5.41) is 1.80. The van der Waals surface area contributed by atoms with Crippen molar-refractivity contribution in [2.75, 3.05) is 13.1 Å². The van der Waals surface area contributed by atoms with E-state index in [9.17, 15) is 18.0 Å². The highest BCUT2D eigenvalue weighted by Gasteiger charge is 2.40. The predicted molar refractivity (Wildman–Crippen MR) is 112 cm³/mol. The Morgan fingerprint density at radius 2 is 2.13 bits per heavy atom. The van der Waals surface area contributed by atoms with Gasteiger partial charge in [0.2, 0.25) is 5.91 Å². The highest BCUT2D eigenvalue weighted by atomic mass is 32.1. The van der Waals surface area contributed by atoms with Crippen molar-refractivity contribution in [3.63, 3.8) is 0 Å². The molecule has 2 aliphatic heterocycles. The molecule has 0 saturated carbocycles. The molecule has 2 aromatic heterocycles. The van der Waals surface area contributed by atoms with E-state index in [4.69, 9.17) is 0 Å². The van der Waals surface area contributed by atoms with Crippen LogP contribution in [0.4, 0.5) is 13.2 Å². The second kappa shape index (κ2) is 8.84. The number of hydrogen-bond donors (Lipinski definition) is 2. The first-order valence-corrected chi connectivity index (χ1v) is 11.5. The van der Waals surface area contributed by atoms with Crippen LogP contribution < -0.4 is 10.9 Å². The number of likely N-dealkylation sites (tertiary alicyclic amines) is 1. The quantitative estimate of drug-likeness (QED) is 0.737. The van der Waals surface area contributed by atoms with Crippen LogP contribution in [0.5, 0.6) is 0 Å². The zero-order valence-corrected chi connectivity index (χ0v) is 18.3. The minimum atomic E-state index is -4.56. The third-order valence-corrected chi connectivity index (χ3v) is 7.09. The number of carbonyl (C=O) groups is 1. The molecule has 2 aliphatic rings. The molecule has 2 aromatic rings. The van der Waals surface area contributed by atoms with Crippen LogP contribution in [0.15, 0.2) is 23.6 Å². The molecule has 10 heteroatoms. The second-order valence-corrected chi connectivity index (χ2v) is 9.18. The molecule has 4 heterocycles. The van der Waals surface area contributed by atoms with Crippen LogP contribution in [0.1, 0.15) is 50.5 Å². The zero-order chi connectivity index (χ0) is 22.2. The van der Waals surface area contributed by atoms with Gasteiger partial charge in [-0.3, -0.25) is 10.2 Å². The Kier molecular flexibility index (Phi) is 6.32. The average Bonchev–Trinajstić information content (AvgIpc) is 3.42. The number of hydrazine groups is 1. The first-order chi connectivity index (χ1) is 14.8. The molecule has 0 aromatic carbocycles. The maximum atomic E-state index is 13.5. The highest BCUT2D eigenvalue weighted by molar-refractivity contribution is 7.13. The molecule has 6 nitrogen and oxygen atoms in total. The van der Waals surface area contributed by atoms with Gasteiger partial charge in [0.05, 0.1) is 10.6 Å². The Morgan fingerprint density at radius 3 is 2.77 bits per heavy atom. The molecule has 2 saturated heterocycles. The monoisotopic (exact) mass is 453 g/mol. The van der Waals surface area contributed by atoms with Gasteiger partial charge in [-0.1, -0.05) is 19.9 Å². The molecular weight excluding hydrogens is 427 g/mol. The lowest BCUT2D eigenvalue weighted by atomic mass is 9.92. The van der Waals surface area contributed by atoms with Crippen LogP contribution in [0, 0.1) is 5.92 Å². The average molecular weight is 454 g/mol. The SMILES string of the molecule is CCC1NNC(C(=O)N2CCCC(c3nc(-c4cccs4)cc(C(F)(F)F)n3)C2)C1C. The summed E-state index contributed by atoms with van der Waals surface area (Å²) in [6, 6.07) is 4.41. The minimum absolute atomic E-state index is 0.0221. The number of rotatable bonds is 4. The van der Waals surface area contributed by atoms with Crippen molar-refractivity contribution < 1.29 is 18.0 Å². The van der Waals surface area contributed by atoms with Crippen molar-refractivity contribution in [1.29, 1.82) is 0 Å². The molecule has 2 N–H and O–H groups in total. The largest absolute Gasteiger partial charge is 0.433 e. The van der Waals surface area contributed by atoms with Gasteiger partial charge in [0.15, 0.2) is 0 Å². The van der Waals surface area contributed by atoms with Gasteiger partial charge in [0, 0.05) is 25.0 Å². The van der Waals surface area contributed by atoms with Crippen molar-refractivity contribution in [2.24, 2.45) is 5.92 Å². The molecule has 1 amide bonds. The molecule has 4 atom stereocenters. The number of nitrogens with one attached hydrogen (secondary N) is 2. The normalized spacial score (nSPS) is 26.9. The van der Waals surface area contributed by atoms with Gasteiger partial charge in [-0.05, 0) is 42.7 Å². The van der Waals surface area contributed by atoms with Crippen molar-refractivity contribution in [3.05, 3.63) is 35.1 Å². The Bertz CT molecular complexity index is 920. The molecule has 0 aliphatic carbocycles. The van der Waals surface area contributed by atoms with E-state index in [2.05, 4.69) is 27.7 Å². The van der Waals surface area contributed by atoms with Gasteiger partial charge < -0.3 is 4.90 Å². The van der Waals surface area contributed by atoms with Crippen LogP contribution in [0.25, 0.3) is 10.6 Å². The van der Waals surface area contributed by atoms with Gasteiger partial charge in [-0.2, -0.15) is 13.2 Å². The number of alkyl halides is 3. The van der Waals surface area contributed by atoms with Crippen molar-refractivity contribution in [1.82, 2.24) is 25.7 Å². The molecule has 168 valence electrons. The summed E-state index contributed by atoms with van der Waals surface area (Å²) in [7, 11) is 0. The van der Waals surface area contributed by atoms with Crippen molar-refractivity contribution in [2.45, 2.75) is 57.3 Å². The fraction of sp³-hybridized carbons (Fsp3) is 0.571. The van der Waals surface area contributed by atoms with E-state index in [1.54, 1.807) is 22.4 Å². The van der Waals surface area contributed by atoms with Crippen LogP contribution in [0.3, 0.4) is 0 Å². The lowest BCUT2D eigenvalue weighted by Crippen LogP contribution is -2.50. The number of nitrogens with zero attached hydrogens (tertiary/aromatic N) is 3. The van der Waals surface area contributed by atoms with E-state index in [1.807, 2.05) is 6.92 Å². The lowest BCUT2D eigenvalue weighted by Gasteiger charge is -2.34. The van der Waals surface area contributed by atoms with E-state index < -0.39 is 11.9 Å². The smallest absolute Gasteiger partial charge is 0.341 e. The van der Waals surface area contributed by atoms with Gasteiger partial charge in [-0.25, -0.2) is 15.4 Å². The van der Waals surface area contributed by atoms with Crippen molar-refractivity contribution in [3.8, 4) is 10.6 Å². The Hall–Kier alpha value is -2.04. The summed E-state index contributed by atoms with van der Waals surface area (Å²) >= 11 is 1.34. The van der Waals surface area contributed by atoms with Crippen LogP contribution in [-0.4, -0.2) is 45.9 Å². The number of hydrogen-bond acceptors (Lipinski definition) is 6. The van der Waals surface area contributed by atoms with E-state index in [0.717, 1.165) is 12.5 Å². The summed E-state index contributed by atoms with van der Waals surface area (Å²) in [5.41, 5.74) is 5.60. The number of halogens is 3. The molecule has 31 heavy (non-hydrogen) atoms. The van der Waals surface area contributed by atoms with Gasteiger partial charge in [0.25, 0.3) is 0 Å². The van der Waals surface area contributed by atoms with Gasteiger partial charge in [0.1, 0.15) is 17.6 Å². The molecular formula is C21H26F3N5OS. The molecule has 0 bridgehead atoms. The number of thiophene rings is 1. The maximum absolute atomic E-state index is 13.5. The van der Waals surface area contributed by atoms with E-state index in [1.165, 1.54) is 11.3 Å². The number of carbonyl (C=O) groups excluding carboxylic acids is 1. The summed E-state index contributed by atoms with van der Waals surface area (Å²) in [4.78, 5) is 23.9.